The average Bonchev–Trinajstić information content (AvgIpc) is 2.35. The van der Waals surface area contributed by atoms with Gasteiger partial charge in [-0.05, 0) is 53.2 Å². The van der Waals surface area contributed by atoms with E-state index in [2.05, 4.69) is 26.2 Å². The maximum Gasteiger partial charge on any atom is 0.259 e. The third-order valence-electron chi connectivity index (χ3n) is 2.52. The van der Waals surface area contributed by atoms with Crippen LogP contribution in [0.1, 0.15) is 16.1 Å². The molecule has 1 aromatic heterocycles. The number of benzene rings is 1. The van der Waals surface area contributed by atoms with Gasteiger partial charge in [-0.15, -0.1) is 0 Å². The number of aryl methyl sites for hydroxylation is 1. The smallest absolute Gasteiger partial charge is 0.259 e. The highest BCUT2D eigenvalue weighted by molar-refractivity contribution is 9.10. The highest BCUT2D eigenvalue weighted by Gasteiger charge is 2.13. The Kier molecular flexibility index (Phi) is 3.71. The van der Waals surface area contributed by atoms with Crippen LogP contribution in [0, 0.1) is 6.92 Å². The average molecular weight is 323 g/mol. The summed E-state index contributed by atoms with van der Waals surface area (Å²) in [5, 5.41) is 21.6. The molecule has 98 valence electrons. The molecular formula is C13H11BrN2O3. The van der Waals surface area contributed by atoms with Gasteiger partial charge in [0, 0.05) is 0 Å². The molecule has 0 atom stereocenters. The fraction of sp³-hybridized carbons (Fsp3) is 0.0769. The van der Waals surface area contributed by atoms with Gasteiger partial charge < -0.3 is 15.5 Å². The van der Waals surface area contributed by atoms with Gasteiger partial charge in [0.15, 0.2) is 0 Å². The predicted molar refractivity (Wildman–Crippen MR) is 74.4 cm³/mol. The van der Waals surface area contributed by atoms with E-state index in [1.54, 1.807) is 19.1 Å². The number of nitrogens with zero attached hydrogens (tertiary/aromatic N) is 1. The summed E-state index contributed by atoms with van der Waals surface area (Å²) < 4.78 is 0.670. The van der Waals surface area contributed by atoms with E-state index in [9.17, 15) is 15.0 Å². The van der Waals surface area contributed by atoms with Crippen molar-refractivity contribution in [1.82, 2.24) is 4.98 Å². The zero-order valence-electron chi connectivity index (χ0n) is 10.0. The molecule has 0 saturated heterocycles. The minimum Gasteiger partial charge on any atom is -0.508 e. The maximum atomic E-state index is 12.0. The molecule has 3 N–H and O–H groups in total. The Hall–Kier alpha value is -2.08. The predicted octanol–water partition coefficient (Wildman–Crippen LogP) is 2.82. The summed E-state index contributed by atoms with van der Waals surface area (Å²) >= 11 is 3.23. The number of carbonyl (C=O) groups excluding carboxylic acids is 1. The van der Waals surface area contributed by atoms with Gasteiger partial charge in [0.2, 0.25) is 0 Å². The lowest BCUT2D eigenvalue weighted by atomic mass is 10.1. The first-order valence-corrected chi connectivity index (χ1v) is 6.23. The van der Waals surface area contributed by atoms with Crippen LogP contribution in [0.3, 0.4) is 0 Å². The Morgan fingerprint density at radius 1 is 1.26 bits per heavy atom. The minimum absolute atomic E-state index is 0.00215. The Balaban J connectivity index is 2.28. The van der Waals surface area contributed by atoms with Crippen molar-refractivity contribution in [1.29, 1.82) is 0 Å². The zero-order chi connectivity index (χ0) is 14.0. The molecule has 1 amide bonds. The van der Waals surface area contributed by atoms with Crippen molar-refractivity contribution < 1.29 is 15.0 Å². The normalized spacial score (nSPS) is 10.2. The van der Waals surface area contributed by atoms with E-state index in [-0.39, 0.29) is 17.1 Å². The van der Waals surface area contributed by atoms with Crippen LogP contribution in [0.15, 0.2) is 34.9 Å². The molecule has 0 spiro atoms. The molecule has 0 aliphatic carbocycles. The number of carbonyl (C=O) groups is 1. The number of anilines is 1. The van der Waals surface area contributed by atoms with Gasteiger partial charge in [-0.25, -0.2) is 4.98 Å². The van der Waals surface area contributed by atoms with Gasteiger partial charge in [-0.2, -0.15) is 0 Å². The number of rotatable bonds is 2. The second kappa shape index (κ2) is 5.27. The zero-order valence-corrected chi connectivity index (χ0v) is 11.6. The first-order valence-electron chi connectivity index (χ1n) is 5.44. The summed E-state index contributed by atoms with van der Waals surface area (Å²) in [5.41, 5.74) is 1.18. The number of pyridine rings is 1. The third kappa shape index (κ3) is 3.03. The van der Waals surface area contributed by atoms with Crippen molar-refractivity contribution in [2.24, 2.45) is 0 Å². The topological polar surface area (TPSA) is 82.5 Å². The number of hydrogen-bond acceptors (Lipinski definition) is 4. The van der Waals surface area contributed by atoms with Crippen molar-refractivity contribution >= 4 is 27.5 Å². The largest absolute Gasteiger partial charge is 0.508 e. The highest BCUT2D eigenvalue weighted by atomic mass is 79.9. The van der Waals surface area contributed by atoms with E-state index in [1.807, 2.05) is 0 Å². The van der Waals surface area contributed by atoms with Gasteiger partial charge >= 0.3 is 0 Å². The number of halogens is 1. The summed E-state index contributed by atoms with van der Waals surface area (Å²) in [7, 11) is 0. The molecule has 2 rings (SSSR count). The molecule has 0 radical (unpaired) electrons. The number of phenolic OH excluding ortho intramolecular Hbond substituents is 2. The number of phenols is 2. The Morgan fingerprint density at radius 3 is 2.68 bits per heavy atom. The van der Waals surface area contributed by atoms with Crippen LogP contribution in [-0.2, 0) is 0 Å². The SMILES string of the molecule is Cc1nc(Br)ccc1NC(=O)c1cc(O)ccc1O. The Bertz CT molecular complexity index is 644. The van der Waals surface area contributed by atoms with Gasteiger partial charge in [0.25, 0.3) is 5.91 Å². The molecule has 1 heterocycles. The summed E-state index contributed by atoms with van der Waals surface area (Å²) in [4.78, 5) is 16.2. The summed E-state index contributed by atoms with van der Waals surface area (Å²) in [6.45, 7) is 1.75. The van der Waals surface area contributed by atoms with Crippen LogP contribution in [0.5, 0.6) is 11.5 Å². The van der Waals surface area contributed by atoms with E-state index >= 15 is 0 Å². The van der Waals surface area contributed by atoms with Crippen molar-refractivity contribution in [2.45, 2.75) is 6.92 Å². The second-order valence-corrected chi connectivity index (χ2v) is 4.73. The fourth-order valence-corrected chi connectivity index (χ4v) is 1.96. The monoisotopic (exact) mass is 322 g/mol. The molecule has 0 bridgehead atoms. The summed E-state index contributed by atoms with van der Waals surface area (Å²) in [6.07, 6.45) is 0. The van der Waals surface area contributed by atoms with Crippen molar-refractivity contribution in [3.8, 4) is 11.5 Å². The van der Waals surface area contributed by atoms with E-state index < -0.39 is 5.91 Å². The van der Waals surface area contributed by atoms with Crippen molar-refractivity contribution in [2.75, 3.05) is 5.32 Å². The number of nitrogens with one attached hydrogen (secondary N) is 1. The lowest BCUT2D eigenvalue weighted by molar-refractivity contribution is 0.102. The minimum atomic E-state index is -0.513. The van der Waals surface area contributed by atoms with Gasteiger partial charge in [-0.3, -0.25) is 4.79 Å². The molecule has 1 aromatic carbocycles. The lowest BCUT2D eigenvalue weighted by Gasteiger charge is -2.09. The Labute approximate surface area is 118 Å². The Morgan fingerprint density at radius 2 is 2.00 bits per heavy atom. The van der Waals surface area contributed by atoms with Crippen LogP contribution in [0.2, 0.25) is 0 Å². The third-order valence-corrected chi connectivity index (χ3v) is 2.97. The number of hydrogen-bond donors (Lipinski definition) is 3. The molecule has 5 nitrogen and oxygen atoms in total. The second-order valence-electron chi connectivity index (χ2n) is 3.92. The molecule has 0 aliphatic rings. The molecule has 0 saturated carbocycles. The van der Waals surface area contributed by atoms with E-state index in [0.717, 1.165) is 0 Å². The van der Waals surface area contributed by atoms with Crippen LogP contribution >= 0.6 is 15.9 Å². The van der Waals surface area contributed by atoms with E-state index in [4.69, 9.17) is 0 Å². The van der Waals surface area contributed by atoms with Gasteiger partial charge in [0.1, 0.15) is 16.1 Å². The first kappa shape index (κ1) is 13.4. The number of aromatic hydroxyl groups is 2. The molecule has 6 heteroatoms. The van der Waals surface area contributed by atoms with Crippen molar-refractivity contribution in [3.63, 3.8) is 0 Å². The summed E-state index contributed by atoms with van der Waals surface area (Å²) in [5.74, 6) is -0.799. The maximum absolute atomic E-state index is 12.0. The van der Waals surface area contributed by atoms with Gasteiger partial charge in [-0.1, -0.05) is 0 Å². The van der Waals surface area contributed by atoms with Crippen LogP contribution in [-0.4, -0.2) is 21.1 Å². The van der Waals surface area contributed by atoms with Crippen molar-refractivity contribution in [3.05, 3.63) is 46.2 Å². The standard InChI is InChI=1S/C13H11BrN2O3/c1-7-10(3-5-12(14)15-7)16-13(19)9-6-8(17)2-4-11(9)18/h2-6,17-18H,1H3,(H,16,19). The quantitative estimate of drug-likeness (QED) is 0.586. The first-order chi connectivity index (χ1) is 8.97. The number of amides is 1. The molecule has 0 fully saturated rings. The van der Waals surface area contributed by atoms with Crippen LogP contribution in [0.4, 0.5) is 5.69 Å². The molecule has 0 unspecified atom stereocenters. The lowest BCUT2D eigenvalue weighted by Crippen LogP contribution is -2.13. The fourth-order valence-electron chi connectivity index (χ4n) is 1.56. The molecule has 2 aromatic rings. The van der Waals surface area contributed by atoms with Crippen LogP contribution in [0.25, 0.3) is 0 Å². The van der Waals surface area contributed by atoms with E-state index in [1.165, 1.54) is 18.2 Å². The van der Waals surface area contributed by atoms with Gasteiger partial charge in [0.05, 0.1) is 16.9 Å². The number of aromatic nitrogens is 1. The summed E-state index contributed by atoms with van der Waals surface area (Å²) in [6, 6.07) is 7.16. The molecule has 19 heavy (non-hydrogen) atoms. The highest BCUT2D eigenvalue weighted by Crippen LogP contribution is 2.24. The molecule has 0 aliphatic heterocycles. The molecular weight excluding hydrogens is 312 g/mol. The van der Waals surface area contributed by atoms with Crippen LogP contribution < -0.4 is 5.32 Å². The van der Waals surface area contributed by atoms with E-state index in [0.29, 0.717) is 16.0 Å².